The fraction of sp³-hybridized carbons (Fsp3) is 0.611. The lowest BCUT2D eigenvalue weighted by molar-refractivity contribution is -0.0645. The molecule has 1 fully saturated rings. The molecule has 1 unspecified atom stereocenters. The Labute approximate surface area is 137 Å². The highest BCUT2D eigenvalue weighted by Gasteiger charge is 2.44. The molecule has 5 nitrogen and oxygen atoms in total. The van der Waals surface area contributed by atoms with E-state index in [2.05, 4.69) is 6.07 Å². The van der Waals surface area contributed by atoms with Crippen molar-refractivity contribution in [3.8, 4) is 5.75 Å². The summed E-state index contributed by atoms with van der Waals surface area (Å²) in [5, 5.41) is 10.1. The molecule has 1 saturated heterocycles. The fourth-order valence-corrected chi connectivity index (χ4v) is 3.56. The number of carbonyl (C=O) groups is 1. The Morgan fingerprint density at radius 1 is 1.30 bits per heavy atom. The predicted molar refractivity (Wildman–Crippen MR) is 86.4 cm³/mol. The molecule has 1 atom stereocenters. The summed E-state index contributed by atoms with van der Waals surface area (Å²) < 4.78 is 11.0. The summed E-state index contributed by atoms with van der Waals surface area (Å²) in [4.78, 5) is 14.0. The van der Waals surface area contributed by atoms with Crippen molar-refractivity contribution >= 4 is 6.09 Å². The number of amides is 1. The molecule has 0 aliphatic carbocycles. The number of nitrogens with zero attached hydrogens (tertiary/aromatic N) is 1. The van der Waals surface area contributed by atoms with Crippen LogP contribution in [0.5, 0.6) is 5.75 Å². The summed E-state index contributed by atoms with van der Waals surface area (Å²) in [6.07, 6.45) is 1.16. The second-order valence-electron chi connectivity index (χ2n) is 7.52. The first kappa shape index (κ1) is 16.1. The molecule has 3 rings (SSSR count). The van der Waals surface area contributed by atoms with Gasteiger partial charge in [0.2, 0.25) is 0 Å². The van der Waals surface area contributed by atoms with Gasteiger partial charge in [0.1, 0.15) is 11.4 Å². The van der Waals surface area contributed by atoms with E-state index in [9.17, 15) is 9.90 Å². The van der Waals surface area contributed by atoms with E-state index in [4.69, 9.17) is 9.47 Å². The van der Waals surface area contributed by atoms with E-state index in [1.165, 1.54) is 0 Å². The Bertz CT molecular complexity index is 585. The van der Waals surface area contributed by atoms with Crippen molar-refractivity contribution < 1.29 is 19.4 Å². The summed E-state index contributed by atoms with van der Waals surface area (Å²) in [7, 11) is 0. The highest BCUT2D eigenvalue weighted by atomic mass is 16.6. The van der Waals surface area contributed by atoms with Crippen molar-refractivity contribution in [1.29, 1.82) is 0 Å². The van der Waals surface area contributed by atoms with Crippen molar-refractivity contribution in [2.45, 2.75) is 57.3 Å². The van der Waals surface area contributed by atoms with Crippen LogP contribution in [0.2, 0.25) is 0 Å². The molecule has 2 aliphatic heterocycles. The Morgan fingerprint density at radius 3 is 2.61 bits per heavy atom. The number of hydrogen-bond donors (Lipinski definition) is 1. The van der Waals surface area contributed by atoms with Crippen LogP contribution in [-0.2, 0) is 10.2 Å². The van der Waals surface area contributed by atoms with E-state index in [1.807, 2.05) is 39.0 Å². The molecule has 2 aliphatic rings. The van der Waals surface area contributed by atoms with Gasteiger partial charge in [0.05, 0.1) is 0 Å². The Hall–Kier alpha value is -1.75. The maximum atomic E-state index is 12.2. The van der Waals surface area contributed by atoms with Crippen LogP contribution in [0.15, 0.2) is 24.3 Å². The number of rotatable bonds is 0. The van der Waals surface area contributed by atoms with Crippen molar-refractivity contribution in [2.24, 2.45) is 0 Å². The SMILES string of the molecule is CC(C)(C)OC(=O)N1CCC2(CC1)CC(O)Oc1ccccc12. The second-order valence-corrected chi connectivity index (χ2v) is 7.52. The Morgan fingerprint density at radius 2 is 1.96 bits per heavy atom. The quantitative estimate of drug-likeness (QED) is 0.798. The van der Waals surface area contributed by atoms with Gasteiger partial charge in [-0.1, -0.05) is 18.2 Å². The van der Waals surface area contributed by atoms with Gasteiger partial charge in [-0.15, -0.1) is 0 Å². The minimum Gasteiger partial charge on any atom is -0.465 e. The zero-order valence-electron chi connectivity index (χ0n) is 14.0. The number of carbonyl (C=O) groups excluding carboxylic acids is 1. The molecule has 0 aromatic heterocycles. The van der Waals surface area contributed by atoms with Crippen molar-refractivity contribution in [1.82, 2.24) is 4.90 Å². The molecule has 1 N–H and O–H groups in total. The Balaban J connectivity index is 1.74. The number of hydrogen-bond acceptors (Lipinski definition) is 4. The maximum Gasteiger partial charge on any atom is 0.410 e. The first-order valence-corrected chi connectivity index (χ1v) is 8.21. The monoisotopic (exact) mass is 319 g/mol. The largest absolute Gasteiger partial charge is 0.465 e. The van der Waals surface area contributed by atoms with Crippen LogP contribution in [0.3, 0.4) is 0 Å². The lowest BCUT2D eigenvalue weighted by Gasteiger charge is -2.46. The molecule has 5 heteroatoms. The highest BCUT2D eigenvalue weighted by molar-refractivity contribution is 5.68. The average Bonchev–Trinajstić information content (AvgIpc) is 2.46. The van der Waals surface area contributed by atoms with Gasteiger partial charge in [-0.05, 0) is 39.7 Å². The highest BCUT2D eigenvalue weighted by Crippen LogP contribution is 2.47. The molecule has 126 valence electrons. The third-order valence-corrected chi connectivity index (χ3v) is 4.66. The van der Waals surface area contributed by atoms with Gasteiger partial charge in [0.25, 0.3) is 0 Å². The molecule has 1 amide bonds. The van der Waals surface area contributed by atoms with Gasteiger partial charge in [-0.25, -0.2) is 4.79 Å². The van der Waals surface area contributed by atoms with Crippen molar-refractivity contribution in [3.63, 3.8) is 0 Å². The predicted octanol–water partition coefficient (Wildman–Crippen LogP) is 3.06. The molecule has 23 heavy (non-hydrogen) atoms. The van der Waals surface area contributed by atoms with Gasteiger partial charge in [0, 0.05) is 30.5 Å². The molecule has 0 saturated carbocycles. The average molecular weight is 319 g/mol. The van der Waals surface area contributed by atoms with Crippen LogP contribution in [0.4, 0.5) is 4.79 Å². The van der Waals surface area contributed by atoms with E-state index in [-0.39, 0.29) is 11.5 Å². The molecule has 2 heterocycles. The second kappa shape index (κ2) is 5.71. The number of aliphatic hydroxyl groups is 1. The van der Waals surface area contributed by atoms with Gasteiger partial charge < -0.3 is 19.5 Å². The van der Waals surface area contributed by atoms with Gasteiger partial charge >= 0.3 is 6.09 Å². The number of aliphatic hydroxyl groups excluding tert-OH is 1. The molecular weight excluding hydrogens is 294 g/mol. The zero-order valence-corrected chi connectivity index (χ0v) is 14.0. The third-order valence-electron chi connectivity index (χ3n) is 4.66. The number of ether oxygens (including phenoxy) is 2. The van der Waals surface area contributed by atoms with E-state index in [1.54, 1.807) is 4.90 Å². The standard InChI is InChI=1S/C18H25NO4/c1-17(2,3)23-16(21)19-10-8-18(9-11-19)12-15(20)22-14-7-5-4-6-13(14)18/h4-7,15,20H,8-12H2,1-3H3. The molecule has 1 spiro atoms. The van der Waals surface area contributed by atoms with Crippen molar-refractivity contribution in [2.75, 3.05) is 13.1 Å². The number of para-hydroxylation sites is 1. The van der Waals surface area contributed by atoms with Crippen LogP contribution < -0.4 is 4.74 Å². The summed E-state index contributed by atoms with van der Waals surface area (Å²) in [6.45, 7) is 6.90. The summed E-state index contributed by atoms with van der Waals surface area (Å²) in [5.74, 6) is 0.761. The van der Waals surface area contributed by atoms with Crippen LogP contribution in [-0.4, -0.2) is 41.1 Å². The summed E-state index contributed by atoms with van der Waals surface area (Å²) in [6, 6.07) is 7.90. The van der Waals surface area contributed by atoms with E-state index in [0.717, 1.165) is 24.2 Å². The van der Waals surface area contributed by atoms with Crippen LogP contribution in [0.25, 0.3) is 0 Å². The molecule has 1 aromatic rings. The van der Waals surface area contributed by atoms with E-state index < -0.39 is 11.9 Å². The lowest BCUT2D eigenvalue weighted by Crippen LogP contribution is -2.49. The van der Waals surface area contributed by atoms with E-state index >= 15 is 0 Å². The number of likely N-dealkylation sites (tertiary alicyclic amines) is 1. The third kappa shape index (κ3) is 3.29. The van der Waals surface area contributed by atoms with Crippen LogP contribution in [0, 0.1) is 0 Å². The molecule has 1 aromatic carbocycles. The smallest absolute Gasteiger partial charge is 0.410 e. The molecule has 0 radical (unpaired) electrons. The minimum absolute atomic E-state index is 0.118. The van der Waals surface area contributed by atoms with Crippen LogP contribution in [0.1, 0.15) is 45.6 Å². The van der Waals surface area contributed by atoms with Gasteiger partial charge in [0.15, 0.2) is 6.29 Å². The van der Waals surface area contributed by atoms with Crippen molar-refractivity contribution in [3.05, 3.63) is 29.8 Å². The van der Waals surface area contributed by atoms with Crippen LogP contribution >= 0.6 is 0 Å². The topological polar surface area (TPSA) is 59.0 Å². The molecule has 0 bridgehead atoms. The van der Waals surface area contributed by atoms with Gasteiger partial charge in [-0.2, -0.15) is 0 Å². The number of fused-ring (bicyclic) bond motifs is 2. The maximum absolute atomic E-state index is 12.2. The summed E-state index contributed by atoms with van der Waals surface area (Å²) in [5.41, 5.74) is 0.551. The first-order valence-electron chi connectivity index (χ1n) is 8.21. The number of piperidine rings is 1. The Kier molecular flexibility index (Phi) is 4.00. The lowest BCUT2D eigenvalue weighted by atomic mass is 9.69. The number of benzene rings is 1. The zero-order chi connectivity index (χ0) is 16.7. The minimum atomic E-state index is -0.780. The normalized spacial score (nSPS) is 23.1. The fourth-order valence-electron chi connectivity index (χ4n) is 3.56. The summed E-state index contributed by atoms with van der Waals surface area (Å²) >= 11 is 0. The first-order chi connectivity index (χ1) is 10.8. The van der Waals surface area contributed by atoms with E-state index in [0.29, 0.717) is 19.5 Å². The molecular formula is C18H25NO4. The van der Waals surface area contributed by atoms with Gasteiger partial charge in [-0.3, -0.25) is 0 Å².